The van der Waals surface area contributed by atoms with E-state index in [0.29, 0.717) is 24.2 Å². The minimum absolute atomic E-state index is 0.329. The summed E-state index contributed by atoms with van der Waals surface area (Å²) in [6.45, 7) is 3.69. The molecule has 0 spiro atoms. The second-order valence-electron chi connectivity index (χ2n) is 3.79. The highest BCUT2D eigenvalue weighted by atomic mass is 32.2. The molecule has 0 aromatic rings. The number of hydrogen-bond acceptors (Lipinski definition) is 3. The van der Waals surface area contributed by atoms with Gasteiger partial charge in [0.2, 0.25) is 5.37 Å². The van der Waals surface area contributed by atoms with Gasteiger partial charge in [0.1, 0.15) is 0 Å². The van der Waals surface area contributed by atoms with E-state index in [4.69, 9.17) is 9.29 Å². The molecule has 1 aliphatic heterocycles. The lowest BCUT2D eigenvalue weighted by molar-refractivity contribution is -0.942. The molecule has 0 radical (unpaired) electrons. The first-order valence-electron chi connectivity index (χ1n) is 4.77. The van der Waals surface area contributed by atoms with E-state index < -0.39 is 15.5 Å². The average molecular weight is 224 g/mol. The molecule has 0 amide bonds. The van der Waals surface area contributed by atoms with E-state index in [9.17, 15) is 8.42 Å². The fraction of sp³-hybridized carbons (Fsp3) is 1.00. The Kier molecular flexibility index (Phi) is 3.52. The van der Waals surface area contributed by atoms with E-state index in [0.717, 1.165) is 13.0 Å². The second kappa shape index (κ2) is 4.14. The van der Waals surface area contributed by atoms with Crippen LogP contribution in [-0.2, 0) is 14.9 Å². The topological polar surface area (TPSA) is 63.6 Å². The molecular weight excluding hydrogens is 206 g/mol. The molecule has 6 heteroatoms. The molecule has 1 saturated heterocycles. The van der Waals surface area contributed by atoms with Crippen molar-refractivity contribution in [2.24, 2.45) is 0 Å². The van der Waals surface area contributed by atoms with Crippen LogP contribution in [0.5, 0.6) is 0 Å². The van der Waals surface area contributed by atoms with Crippen LogP contribution in [0, 0.1) is 0 Å². The van der Waals surface area contributed by atoms with Crippen molar-refractivity contribution >= 4 is 10.1 Å². The Balaban J connectivity index is 2.94. The zero-order valence-electron chi connectivity index (χ0n) is 8.64. The molecule has 2 atom stereocenters. The summed E-state index contributed by atoms with van der Waals surface area (Å²) in [5.41, 5.74) is 0. The molecule has 2 unspecified atom stereocenters. The van der Waals surface area contributed by atoms with Gasteiger partial charge in [0, 0.05) is 20.0 Å². The quantitative estimate of drug-likeness (QED) is 0.556. The summed E-state index contributed by atoms with van der Waals surface area (Å²) in [6, 6.07) is 0. The van der Waals surface area contributed by atoms with Crippen LogP contribution in [0.25, 0.3) is 0 Å². The van der Waals surface area contributed by atoms with Gasteiger partial charge in [-0.15, -0.1) is 0 Å². The normalized spacial score (nSPS) is 33.5. The molecule has 5 nitrogen and oxygen atoms in total. The van der Waals surface area contributed by atoms with Crippen molar-refractivity contribution in [2.75, 3.05) is 26.9 Å². The van der Waals surface area contributed by atoms with Crippen molar-refractivity contribution in [1.29, 1.82) is 0 Å². The molecule has 1 aliphatic rings. The highest BCUT2D eigenvalue weighted by Crippen LogP contribution is 2.29. The minimum Gasteiger partial charge on any atom is -0.335 e. The minimum atomic E-state index is -3.95. The van der Waals surface area contributed by atoms with Gasteiger partial charge < -0.3 is 4.74 Å². The van der Waals surface area contributed by atoms with Crippen molar-refractivity contribution in [3.05, 3.63) is 0 Å². The van der Waals surface area contributed by atoms with E-state index in [2.05, 4.69) is 0 Å². The third-order valence-corrected chi connectivity index (χ3v) is 4.40. The zero-order valence-corrected chi connectivity index (χ0v) is 9.46. The first-order chi connectivity index (χ1) is 6.46. The summed E-state index contributed by atoms with van der Waals surface area (Å²) >= 11 is 0. The van der Waals surface area contributed by atoms with E-state index in [-0.39, 0.29) is 0 Å². The molecule has 84 valence electrons. The Bertz CT molecular complexity index is 290. The Labute approximate surface area is 85.0 Å². The molecule has 0 aromatic carbocycles. The van der Waals surface area contributed by atoms with Gasteiger partial charge in [0.25, 0.3) is 0 Å². The van der Waals surface area contributed by atoms with Crippen LogP contribution in [0.2, 0.25) is 0 Å². The number of ether oxygens (including phenoxy) is 1. The lowest BCUT2D eigenvalue weighted by Crippen LogP contribution is -2.55. The largest absolute Gasteiger partial charge is 0.335 e. The van der Waals surface area contributed by atoms with Crippen molar-refractivity contribution in [1.82, 2.24) is 0 Å². The van der Waals surface area contributed by atoms with E-state index >= 15 is 0 Å². The summed E-state index contributed by atoms with van der Waals surface area (Å²) in [5, 5.41) is -0.701. The highest BCUT2D eigenvalue weighted by Gasteiger charge is 2.47. The van der Waals surface area contributed by atoms with Crippen LogP contribution >= 0.6 is 0 Å². The first kappa shape index (κ1) is 11.9. The molecule has 1 rings (SSSR count). The number of nitrogens with zero attached hydrogens (tertiary/aromatic N) is 1. The van der Waals surface area contributed by atoms with Crippen molar-refractivity contribution in [3.63, 3.8) is 0 Å². The van der Waals surface area contributed by atoms with Crippen molar-refractivity contribution in [2.45, 2.75) is 25.1 Å². The van der Waals surface area contributed by atoms with Gasteiger partial charge in [-0.05, 0) is 6.92 Å². The number of methoxy groups -OCH3 is 1. The van der Waals surface area contributed by atoms with E-state index in [1.54, 1.807) is 7.11 Å². The van der Waals surface area contributed by atoms with Gasteiger partial charge in [0.15, 0.2) is 6.73 Å². The SMILES string of the molecule is CC[N+]1(COC)CCCC1S(=O)(=O)O. The van der Waals surface area contributed by atoms with E-state index in [1.807, 2.05) is 6.92 Å². The van der Waals surface area contributed by atoms with Gasteiger partial charge in [-0.2, -0.15) is 8.42 Å². The van der Waals surface area contributed by atoms with Crippen molar-refractivity contribution < 1.29 is 22.2 Å². The van der Waals surface area contributed by atoms with Crippen LogP contribution in [0.15, 0.2) is 0 Å². The number of rotatable bonds is 4. The Morgan fingerprint density at radius 3 is 2.64 bits per heavy atom. The van der Waals surface area contributed by atoms with Crippen LogP contribution in [0.3, 0.4) is 0 Å². The van der Waals surface area contributed by atoms with Gasteiger partial charge in [-0.25, -0.2) is 0 Å². The molecule has 0 aliphatic carbocycles. The molecule has 1 N–H and O–H groups in total. The van der Waals surface area contributed by atoms with Crippen LogP contribution < -0.4 is 0 Å². The third kappa shape index (κ3) is 2.08. The van der Waals surface area contributed by atoms with Gasteiger partial charge in [-0.3, -0.25) is 9.04 Å². The standard InChI is InChI=1S/C8H17NO4S/c1-3-9(7-13-2)6-4-5-8(9)14(10,11)12/h8H,3-7H2,1-2H3/p+1. The Morgan fingerprint density at radius 2 is 2.21 bits per heavy atom. The van der Waals surface area contributed by atoms with Crippen LogP contribution in [0.4, 0.5) is 0 Å². The van der Waals surface area contributed by atoms with E-state index in [1.165, 1.54) is 0 Å². The monoisotopic (exact) mass is 224 g/mol. The number of quaternary nitrogens is 1. The summed E-state index contributed by atoms with van der Waals surface area (Å²) in [7, 11) is -2.40. The summed E-state index contributed by atoms with van der Waals surface area (Å²) in [6.07, 6.45) is 1.34. The lowest BCUT2D eigenvalue weighted by atomic mass is 10.4. The van der Waals surface area contributed by atoms with Gasteiger partial charge in [0.05, 0.1) is 13.1 Å². The maximum Gasteiger partial charge on any atom is 0.319 e. The molecule has 1 fully saturated rings. The number of hydrogen-bond donors (Lipinski definition) is 1. The van der Waals surface area contributed by atoms with Crippen molar-refractivity contribution in [3.8, 4) is 0 Å². The molecular formula is C8H18NO4S+. The lowest BCUT2D eigenvalue weighted by Gasteiger charge is -2.36. The molecule has 0 saturated carbocycles. The predicted molar refractivity (Wildman–Crippen MR) is 52.1 cm³/mol. The zero-order chi connectivity index (χ0) is 10.8. The second-order valence-corrected chi connectivity index (χ2v) is 5.36. The smallest absolute Gasteiger partial charge is 0.319 e. The summed E-state index contributed by atoms with van der Waals surface area (Å²) in [5.74, 6) is 0. The maximum atomic E-state index is 11.2. The summed E-state index contributed by atoms with van der Waals surface area (Å²) < 4.78 is 36.8. The third-order valence-electron chi connectivity index (χ3n) is 3.03. The molecule has 0 aromatic heterocycles. The predicted octanol–water partition coefficient (Wildman–Crippen LogP) is 0.435. The summed E-state index contributed by atoms with van der Waals surface area (Å²) in [4.78, 5) is 0. The Morgan fingerprint density at radius 1 is 1.57 bits per heavy atom. The van der Waals surface area contributed by atoms with Gasteiger partial charge in [-0.1, -0.05) is 0 Å². The Hall–Kier alpha value is -0.170. The molecule has 14 heavy (non-hydrogen) atoms. The first-order valence-corrected chi connectivity index (χ1v) is 6.27. The average Bonchev–Trinajstić information content (AvgIpc) is 2.49. The molecule has 1 heterocycles. The van der Waals surface area contributed by atoms with Crippen LogP contribution in [0.1, 0.15) is 19.8 Å². The maximum absolute atomic E-state index is 11.2. The fourth-order valence-electron chi connectivity index (χ4n) is 2.29. The van der Waals surface area contributed by atoms with Gasteiger partial charge >= 0.3 is 10.1 Å². The van der Waals surface area contributed by atoms with Crippen LogP contribution in [-0.4, -0.2) is 49.8 Å². The fourth-order valence-corrected chi connectivity index (χ4v) is 3.63. The highest BCUT2D eigenvalue weighted by molar-refractivity contribution is 7.86. The molecule has 0 bridgehead atoms. The number of likely N-dealkylation sites (tertiary alicyclic amines) is 1.